The van der Waals surface area contributed by atoms with Gasteiger partial charge in [0.05, 0.1) is 23.6 Å². The third-order valence-corrected chi connectivity index (χ3v) is 5.45. The summed E-state index contributed by atoms with van der Waals surface area (Å²) in [6, 6.07) is 3.40. The Bertz CT molecular complexity index is 664. The topological polar surface area (TPSA) is 59.0 Å². The monoisotopic (exact) mass is 322 g/mol. The Morgan fingerprint density at radius 2 is 2.24 bits per heavy atom. The summed E-state index contributed by atoms with van der Waals surface area (Å²) in [5.41, 5.74) is 1.05. The van der Waals surface area contributed by atoms with Gasteiger partial charge in [0.15, 0.2) is 5.17 Å². The molecule has 0 spiro atoms. The van der Waals surface area contributed by atoms with Gasteiger partial charge in [-0.3, -0.25) is 9.69 Å². The number of carbonyl (C=O) groups excluding carboxylic acids is 2. The molecular formula is C14H14N2O3S2. The van der Waals surface area contributed by atoms with Crippen LogP contribution in [0.15, 0.2) is 33.8 Å². The van der Waals surface area contributed by atoms with Crippen LogP contribution in [0.5, 0.6) is 0 Å². The summed E-state index contributed by atoms with van der Waals surface area (Å²) in [5, 5.41) is 2.41. The summed E-state index contributed by atoms with van der Waals surface area (Å²) >= 11 is 2.94. The third kappa shape index (κ3) is 2.20. The van der Waals surface area contributed by atoms with Crippen molar-refractivity contribution in [2.75, 3.05) is 7.11 Å². The number of aliphatic imine (C=N–C) groups is 1. The number of nitrogens with zero attached hydrogens (tertiary/aromatic N) is 2. The van der Waals surface area contributed by atoms with E-state index in [9.17, 15) is 9.59 Å². The lowest BCUT2D eigenvalue weighted by molar-refractivity contribution is -0.137. The molecule has 110 valence electrons. The second-order valence-corrected chi connectivity index (χ2v) is 7.06. The summed E-state index contributed by atoms with van der Waals surface area (Å²) < 4.78 is 4.89. The number of fused-ring (bicyclic) bond motifs is 1. The molecule has 21 heavy (non-hydrogen) atoms. The van der Waals surface area contributed by atoms with Gasteiger partial charge in [-0.15, -0.1) is 11.3 Å². The molecule has 0 aliphatic carbocycles. The molecule has 1 amide bonds. The van der Waals surface area contributed by atoms with Crippen molar-refractivity contribution < 1.29 is 14.3 Å². The van der Waals surface area contributed by atoms with Crippen molar-refractivity contribution in [3.05, 3.63) is 33.7 Å². The van der Waals surface area contributed by atoms with Gasteiger partial charge in [-0.25, -0.2) is 9.79 Å². The van der Waals surface area contributed by atoms with Crippen LogP contribution in [0.1, 0.15) is 24.8 Å². The standard InChI is InChI=1S/C14H14N2O3S2/c1-7-10(13(18)19-3)11(9-5-4-6-20-9)16-12(17)8(2)21-14(16)15-7/h4-6,8,11H,1-3H3/t8-,11-/m0/s1. The lowest BCUT2D eigenvalue weighted by Gasteiger charge is -2.31. The van der Waals surface area contributed by atoms with E-state index >= 15 is 0 Å². The van der Waals surface area contributed by atoms with Crippen LogP contribution < -0.4 is 0 Å². The minimum atomic E-state index is -0.439. The maximum Gasteiger partial charge on any atom is 0.338 e. The van der Waals surface area contributed by atoms with Crippen LogP contribution in [0.2, 0.25) is 0 Å². The van der Waals surface area contributed by atoms with Crippen LogP contribution in [0.3, 0.4) is 0 Å². The number of allylic oxidation sites excluding steroid dienone is 1. The molecule has 0 unspecified atom stereocenters. The smallest absolute Gasteiger partial charge is 0.338 e. The van der Waals surface area contributed by atoms with E-state index in [1.54, 1.807) is 11.8 Å². The Morgan fingerprint density at radius 1 is 1.48 bits per heavy atom. The molecule has 3 heterocycles. The zero-order valence-corrected chi connectivity index (χ0v) is 13.5. The summed E-state index contributed by atoms with van der Waals surface area (Å²) in [6.45, 7) is 3.64. The predicted molar refractivity (Wildman–Crippen MR) is 83.1 cm³/mol. The first-order valence-electron chi connectivity index (χ1n) is 6.45. The van der Waals surface area contributed by atoms with E-state index in [4.69, 9.17) is 4.74 Å². The summed E-state index contributed by atoms with van der Waals surface area (Å²) in [4.78, 5) is 31.6. The van der Waals surface area contributed by atoms with E-state index in [2.05, 4.69) is 4.99 Å². The van der Waals surface area contributed by atoms with Crippen molar-refractivity contribution in [3.63, 3.8) is 0 Å². The van der Waals surface area contributed by atoms with E-state index in [-0.39, 0.29) is 11.2 Å². The Labute approximate surface area is 130 Å². The first kappa shape index (κ1) is 14.3. The van der Waals surface area contributed by atoms with Gasteiger partial charge in [-0.2, -0.15) is 0 Å². The van der Waals surface area contributed by atoms with Gasteiger partial charge in [-0.1, -0.05) is 17.8 Å². The molecule has 1 aromatic rings. The number of rotatable bonds is 2. The van der Waals surface area contributed by atoms with Gasteiger partial charge < -0.3 is 4.74 Å². The molecule has 0 saturated carbocycles. The molecular weight excluding hydrogens is 308 g/mol. The molecule has 0 aromatic carbocycles. The Balaban J connectivity index is 2.16. The fraction of sp³-hybridized carbons (Fsp3) is 0.357. The first-order chi connectivity index (χ1) is 10.0. The Hall–Kier alpha value is -1.60. The summed E-state index contributed by atoms with van der Waals surface area (Å²) in [6.07, 6.45) is 0. The van der Waals surface area contributed by atoms with Crippen LogP contribution in [-0.4, -0.2) is 34.3 Å². The van der Waals surface area contributed by atoms with E-state index in [1.165, 1.54) is 30.2 Å². The fourth-order valence-corrected chi connectivity index (χ4v) is 4.34. The molecule has 2 aliphatic rings. The number of amides is 1. The number of thiophene rings is 1. The maximum absolute atomic E-state index is 12.5. The third-order valence-electron chi connectivity index (χ3n) is 3.48. The molecule has 2 aliphatic heterocycles. The van der Waals surface area contributed by atoms with Crippen LogP contribution in [0.4, 0.5) is 0 Å². The second-order valence-electron chi connectivity index (χ2n) is 4.77. The molecule has 7 heteroatoms. The normalized spacial score (nSPS) is 25.0. The molecule has 1 saturated heterocycles. The van der Waals surface area contributed by atoms with Crippen molar-refractivity contribution >= 4 is 40.1 Å². The van der Waals surface area contributed by atoms with Gasteiger partial charge in [0, 0.05) is 4.88 Å². The zero-order valence-electron chi connectivity index (χ0n) is 11.8. The van der Waals surface area contributed by atoms with Gasteiger partial charge >= 0.3 is 5.97 Å². The SMILES string of the molecule is COC(=O)C1=C(C)N=C2S[C@@H](C)C(=O)N2[C@H]1c1cccs1. The average Bonchev–Trinajstić information content (AvgIpc) is 3.07. The quantitative estimate of drug-likeness (QED) is 0.785. The largest absolute Gasteiger partial charge is 0.466 e. The van der Waals surface area contributed by atoms with Crippen molar-refractivity contribution in [3.8, 4) is 0 Å². The zero-order chi connectivity index (χ0) is 15.1. The molecule has 2 atom stereocenters. The van der Waals surface area contributed by atoms with Crippen LogP contribution in [0, 0.1) is 0 Å². The summed E-state index contributed by atoms with van der Waals surface area (Å²) in [5.74, 6) is -0.461. The fourth-order valence-electron chi connectivity index (χ4n) is 2.49. The van der Waals surface area contributed by atoms with Gasteiger partial charge in [0.1, 0.15) is 6.04 Å². The number of methoxy groups -OCH3 is 1. The number of amidine groups is 1. The van der Waals surface area contributed by atoms with E-state index in [1.807, 2.05) is 24.4 Å². The summed E-state index contributed by atoms with van der Waals surface area (Å²) in [7, 11) is 1.34. The van der Waals surface area contributed by atoms with Crippen LogP contribution in [0.25, 0.3) is 0 Å². The number of ether oxygens (including phenoxy) is 1. The minimum Gasteiger partial charge on any atom is -0.466 e. The van der Waals surface area contributed by atoms with E-state index in [0.29, 0.717) is 16.4 Å². The lowest BCUT2D eigenvalue weighted by Crippen LogP contribution is -2.40. The number of esters is 1. The molecule has 3 rings (SSSR count). The highest BCUT2D eigenvalue weighted by Crippen LogP contribution is 2.44. The van der Waals surface area contributed by atoms with Crippen molar-refractivity contribution in [2.24, 2.45) is 4.99 Å². The van der Waals surface area contributed by atoms with Crippen molar-refractivity contribution in [1.29, 1.82) is 0 Å². The molecule has 1 aromatic heterocycles. The highest BCUT2D eigenvalue weighted by molar-refractivity contribution is 8.15. The van der Waals surface area contributed by atoms with Crippen molar-refractivity contribution in [1.82, 2.24) is 4.90 Å². The van der Waals surface area contributed by atoms with E-state index in [0.717, 1.165) is 4.88 Å². The lowest BCUT2D eigenvalue weighted by atomic mass is 10.0. The van der Waals surface area contributed by atoms with Crippen LogP contribution in [-0.2, 0) is 14.3 Å². The molecule has 0 N–H and O–H groups in total. The minimum absolute atomic E-state index is 0.0222. The highest BCUT2D eigenvalue weighted by Gasteiger charge is 2.46. The second kappa shape index (κ2) is 5.31. The Morgan fingerprint density at radius 3 is 2.86 bits per heavy atom. The molecule has 0 radical (unpaired) electrons. The number of carbonyl (C=O) groups is 2. The Kier molecular flexibility index (Phi) is 3.62. The van der Waals surface area contributed by atoms with Gasteiger partial charge in [0.25, 0.3) is 0 Å². The van der Waals surface area contributed by atoms with Crippen LogP contribution >= 0.6 is 23.1 Å². The number of hydrogen-bond donors (Lipinski definition) is 0. The van der Waals surface area contributed by atoms with E-state index < -0.39 is 12.0 Å². The average molecular weight is 322 g/mol. The van der Waals surface area contributed by atoms with Crippen molar-refractivity contribution in [2.45, 2.75) is 25.1 Å². The number of thioether (sulfide) groups is 1. The van der Waals surface area contributed by atoms with Gasteiger partial charge in [-0.05, 0) is 25.3 Å². The number of hydrogen-bond acceptors (Lipinski definition) is 6. The first-order valence-corrected chi connectivity index (χ1v) is 8.21. The highest BCUT2D eigenvalue weighted by atomic mass is 32.2. The predicted octanol–water partition coefficient (Wildman–Crippen LogP) is 2.57. The molecule has 0 bridgehead atoms. The maximum atomic E-state index is 12.5. The van der Waals surface area contributed by atoms with Gasteiger partial charge in [0.2, 0.25) is 5.91 Å². The molecule has 1 fully saturated rings. The molecule has 5 nitrogen and oxygen atoms in total.